The molecular weight excluding hydrogens is 267 g/mol. The maximum atomic E-state index is 12.8. The zero-order valence-electron chi connectivity index (χ0n) is 11.4. The molecule has 2 heterocycles. The summed E-state index contributed by atoms with van der Waals surface area (Å²) in [4.78, 5) is 5.79. The number of halogens is 3. The highest BCUT2D eigenvalue weighted by Crippen LogP contribution is 2.31. The van der Waals surface area contributed by atoms with E-state index in [0.29, 0.717) is 11.4 Å². The van der Waals surface area contributed by atoms with Crippen LogP contribution < -0.4 is 10.6 Å². The van der Waals surface area contributed by atoms with Crippen LogP contribution >= 0.6 is 0 Å². The standard InChI is InChI=1S/C14H20F3N3/c15-14(16,17)12-7-6-11(10-18)13(19-12)20-8-4-2-1-3-5-9-20/h6-7H,1-5,8-10,18H2. The lowest BCUT2D eigenvalue weighted by atomic mass is 10.1. The van der Waals surface area contributed by atoms with Crippen molar-refractivity contribution in [1.82, 2.24) is 4.98 Å². The Kier molecular flexibility index (Phi) is 4.86. The minimum absolute atomic E-state index is 0.205. The molecule has 1 aromatic rings. The highest BCUT2D eigenvalue weighted by atomic mass is 19.4. The maximum absolute atomic E-state index is 12.8. The van der Waals surface area contributed by atoms with Crippen LogP contribution in [0.25, 0.3) is 0 Å². The average Bonchev–Trinajstić information content (AvgIpc) is 2.36. The molecule has 6 heteroatoms. The highest BCUT2D eigenvalue weighted by Gasteiger charge is 2.33. The molecule has 0 bridgehead atoms. The summed E-state index contributed by atoms with van der Waals surface area (Å²) in [6.45, 7) is 1.71. The fourth-order valence-electron chi connectivity index (χ4n) is 2.53. The minimum Gasteiger partial charge on any atom is -0.356 e. The molecular formula is C14H20F3N3. The van der Waals surface area contributed by atoms with Gasteiger partial charge in [0, 0.05) is 25.2 Å². The third kappa shape index (κ3) is 3.62. The SMILES string of the molecule is NCc1ccc(C(F)(F)F)nc1N1CCCCCCC1. The highest BCUT2D eigenvalue weighted by molar-refractivity contribution is 5.48. The van der Waals surface area contributed by atoms with Crippen molar-refractivity contribution >= 4 is 5.82 Å². The van der Waals surface area contributed by atoms with Crippen LogP contribution in [0, 0.1) is 0 Å². The molecule has 1 aromatic heterocycles. The van der Waals surface area contributed by atoms with Gasteiger partial charge in [0.15, 0.2) is 0 Å². The summed E-state index contributed by atoms with van der Waals surface area (Å²) >= 11 is 0. The van der Waals surface area contributed by atoms with Gasteiger partial charge in [0.1, 0.15) is 11.5 Å². The Morgan fingerprint density at radius 3 is 2.20 bits per heavy atom. The van der Waals surface area contributed by atoms with E-state index in [1.807, 2.05) is 4.90 Å². The first-order valence-corrected chi connectivity index (χ1v) is 7.04. The van der Waals surface area contributed by atoms with E-state index in [0.717, 1.165) is 44.8 Å². The van der Waals surface area contributed by atoms with Gasteiger partial charge in [0.25, 0.3) is 0 Å². The number of alkyl halides is 3. The van der Waals surface area contributed by atoms with Crippen molar-refractivity contribution in [2.45, 2.75) is 44.8 Å². The van der Waals surface area contributed by atoms with Gasteiger partial charge in [-0.3, -0.25) is 0 Å². The number of hydrogen-bond acceptors (Lipinski definition) is 3. The summed E-state index contributed by atoms with van der Waals surface area (Å²) in [6.07, 6.45) is 1.00. The molecule has 0 saturated carbocycles. The molecule has 0 aromatic carbocycles. The topological polar surface area (TPSA) is 42.1 Å². The van der Waals surface area contributed by atoms with E-state index in [-0.39, 0.29) is 6.54 Å². The molecule has 1 aliphatic rings. The van der Waals surface area contributed by atoms with Crippen LogP contribution in [0.4, 0.5) is 19.0 Å². The number of anilines is 1. The van der Waals surface area contributed by atoms with Crippen LogP contribution in [0.3, 0.4) is 0 Å². The van der Waals surface area contributed by atoms with E-state index in [1.165, 1.54) is 12.5 Å². The Bertz CT molecular complexity index is 438. The summed E-state index contributed by atoms with van der Waals surface area (Å²) in [6, 6.07) is 2.46. The second-order valence-electron chi connectivity index (χ2n) is 5.14. The van der Waals surface area contributed by atoms with Crippen LogP contribution in [0.1, 0.15) is 43.4 Å². The Balaban J connectivity index is 2.31. The molecule has 0 amide bonds. The molecule has 0 unspecified atom stereocenters. The summed E-state index contributed by atoms with van der Waals surface area (Å²) < 4.78 is 38.4. The molecule has 1 saturated heterocycles. The van der Waals surface area contributed by atoms with Gasteiger partial charge in [-0.2, -0.15) is 13.2 Å². The normalized spacial score (nSPS) is 17.7. The Labute approximate surface area is 117 Å². The van der Waals surface area contributed by atoms with Gasteiger partial charge >= 0.3 is 6.18 Å². The number of rotatable bonds is 2. The first-order valence-electron chi connectivity index (χ1n) is 7.04. The van der Waals surface area contributed by atoms with Crippen molar-refractivity contribution in [2.75, 3.05) is 18.0 Å². The number of nitrogens with zero attached hydrogens (tertiary/aromatic N) is 2. The fraction of sp³-hybridized carbons (Fsp3) is 0.643. The van der Waals surface area contributed by atoms with Crippen molar-refractivity contribution in [3.63, 3.8) is 0 Å². The van der Waals surface area contributed by atoms with Crippen molar-refractivity contribution in [2.24, 2.45) is 5.73 Å². The Morgan fingerprint density at radius 1 is 1.05 bits per heavy atom. The van der Waals surface area contributed by atoms with Crippen LogP contribution in [0.2, 0.25) is 0 Å². The van der Waals surface area contributed by atoms with Crippen LogP contribution in [0.5, 0.6) is 0 Å². The Hall–Kier alpha value is -1.30. The number of nitrogens with two attached hydrogens (primary N) is 1. The van der Waals surface area contributed by atoms with Gasteiger partial charge < -0.3 is 10.6 Å². The predicted octanol–water partition coefficient (Wildman–Crippen LogP) is 3.33. The molecule has 3 nitrogen and oxygen atoms in total. The molecule has 20 heavy (non-hydrogen) atoms. The molecule has 0 spiro atoms. The van der Waals surface area contributed by atoms with E-state index in [1.54, 1.807) is 0 Å². The van der Waals surface area contributed by atoms with Gasteiger partial charge in [0.05, 0.1) is 0 Å². The van der Waals surface area contributed by atoms with E-state index in [9.17, 15) is 13.2 Å². The molecule has 1 aliphatic heterocycles. The molecule has 2 rings (SSSR count). The summed E-state index contributed by atoms with van der Waals surface area (Å²) in [5.74, 6) is 0.407. The smallest absolute Gasteiger partial charge is 0.356 e. The van der Waals surface area contributed by atoms with Gasteiger partial charge in [-0.15, -0.1) is 0 Å². The van der Waals surface area contributed by atoms with Gasteiger partial charge in [-0.25, -0.2) is 4.98 Å². The Morgan fingerprint density at radius 2 is 1.65 bits per heavy atom. The van der Waals surface area contributed by atoms with Crippen molar-refractivity contribution in [3.05, 3.63) is 23.4 Å². The molecule has 2 N–H and O–H groups in total. The second kappa shape index (κ2) is 6.43. The first kappa shape index (κ1) is 15.1. The third-order valence-corrected chi connectivity index (χ3v) is 3.62. The predicted molar refractivity (Wildman–Crippen MR) is 72.4 cm³/mol. The monoisotopic (exact) mass is 287 g/mol. The van der Waals surface area contributed by atoms with Gasteiger partial charge in [-0.05, 0) is 18.9 Å². The largest absolute Gasteiger partial charge is 0.433 e. The van der Waals surface area contributed by atoms with Crippen LogP contribution in [0.15, 0.2) is 12.1 Å². The van der Waals surface area contributed by atoms with Crippen molar-refractivity contribution in [1.29, 1.82) is 0 Å². The summed E-state index contributed by atoms with van der Waals surface area (Å²) in [5, 5.41) is 0. The van der Waals surface area contributed by atoms with Crippen molar-refractivity contribution in [3.8, 4) is 0 Å². The van der Waals surface area contributed by atoms with Crippen LogP contribution in [-0.2, 0) is 12.7 Å². The molecule has 0 atom stereocenters. The van der Waals surface area contributed by atoms with E-state index >= 15 is 0 Å². The lowest BCUT2D eigenvalue weighted by molar-refractivity contribution is -0.141. The zero-order valence-corrected chi connectivity index (χ0v) is 11.4. The molecule has 1 fully saturated rings. The second-order valence-corrected chi connectivity index (χ2v) is 5.14. The van der Waals surface area contributed by atoms with Crippen LogP contribution in [-0.4, -0.2) is 18.1 Å². The van der Waals surface area contributed by atoms with Crippen molar-refractivity contribution < 1.29 is 13.2 Å². The lowest BCUT2D eigenvalue weighted by Gasteiger charge is -2.28. The molecule has 0 aliphatic carbocycles. The summed E-state index contributed by atoms with van der Waals surface area (Å²) in [5.41, 5.74) is 5.48. The number of pyridine rings is 1. The van der Waals surface area contributed by atoms with E-state index < -0.39 is 11.9 Å². The number of aromatic nitrogens is 1. The average molecular weight is 287 g/mol. The summed E-state index contributed by atoms with van der Waals surface area (Å²) in [7, 11) is 0. The molecule has 112 valence electrons. The van der Waals surface area contributed by atoms with Gasteiger partial charge in [-0.1, -0.05) is 25.3 Å². The minimum atomic E-state index is -4.41. The lowest BCUT2D eigenvalue weighted by Crippen LogP contribution is -2.30. The van der Waals surface area contributed by atoms with E-state index in [2.05, 4.69) is 4.98 Å². The quantitative estimate of drug-likeness (QED) is 0.907. The van der Waals surface area contributed by atoms with Gasteiger partial charge in [0.2, 0.25) is 0 Å². The molecule has 0 radical (unpaired) electrons. The number of hydrogen-bond donors (Lipinski definition) is 1. The maximum Gasteiger partial charge on any atom is 0.433 e. The third-order valence-electron chi connectivity index (χ3n) is 3.62. The first-order chi connectivity index (χ1) is 9.52. The fourth-order valence-corrected chi connectivity index (χ4v) is 2.53. The van der Waals surface area contributed by atoms with E-state index in [4.69, 9.17) is 5.73 Å². The zero-order chi connectivity index (χ0) is 14.6.